The van der Waals surface area contributed by atoms with E-state index in [2.05, 4.69) is 0 Å². The van der Waals surface area contributed by atoms with Gasteiger partial charge in [0.05, 0.1) is 4.34 Å². The number of ether oxygens (including phenoxy) is 1. The first-order chi connectivity index (χ1) is 6.87. The molecule has 0 saturated heterocycles. The fourth-order valence-electron chi connectivity index (χ4n) is 0.904. The summed E-state index contributed by atoms with van der Waals surface area (Å²) < 4.78 is 5.82. The first kappa shape index (κ1) is 12.3. The van der Waals surface area contributed by atoms with Gasteiger partial charge in [-0.25, -0.2) is 4.79 Å². The Kier molecular flexibility index (Phi) is 3.94. The Morgan fingerprint density at radius 1 is 1.47 bits per heavy atom. The number of rotatable bonds is 2. The van der Waals surface area contributed by atoms with Crippen molar-refractivity contribution in [1.29, 1.82) is 0 Å². The molecule has 0 saturated carbocycles. The highest BCUT2D eigenvalue weighted by molar-refractivity contribution is 7.17. The molecule has 0 aliphatic carbocycles. The van der Waals surface area contributed by atoms with E-state index in [0.29, 0.717) is 4.34 Å². The molecule has 0 atom stereocenters. The molecule has 2 nitrogen and oxygen atoms in total. The molecule has 1 rings (SSSR count). The standard InChI is InChI=1S/C11H13ClO2S/c1-11(2,3)14-10(13)7-5-8-4-6-9(12)15-8/h4-7H,1-3H3/b7-5+. The van der Waals surface area contributed by atoms with Crippen LogP contribution in [0.15, 0.2) is 18.2 Å². The van der Waals surface area contributed by atoms with Crippen LogP contribution < -0.4 is 0 Å². The van der Waals surface area contributed by atoms with Crippen molar-refractivity contribution in [2.75, 3.05) is 0 Å². The Labute approximate surface area is 98.5 Å². The van der Waals surface area contributed by atoms with Gasteiger partial charge in [0.15, 0.2) is 0 Å². The predicted molar refractivity (Wildman–Crippen MR) is 64.2 cm³/mol. The number of hydrogen-bond acceptors (Lipinski definition) is 3. The van der Waals surface area contributed by atoms with Crippen molar-refractivity contribution in [3.05, 3.63) is 27.4 Å². The highest BCUT2D eigenvalue weighted by Crippen LogP contribution is 2.22. The molecule has 0 radical (unpaired) electrons. The van der Waals surface area contributed by atoms with E-state index in [1.165, 1.54) is 17.4 Å². The van der Waals surface area contributed by atoms with Crippen LogP contribution in [0.25, 0.3) is 6.08 Å². The third-order valence-electron chi connectivity index (χ3n) is 1.38. The first-order valence-electron chi connectivity index (χ1n) is 4.53. The fourth-order valence-corrected chi connectivity index (χ4v) is 1.87. The zero-order valence-electron chi connectivity index (χ0n) is 8.91. The van der Waals surface area contributed by atoms with Crippen LogP contribution in [0.4, 0.5) is 0 Å². The first-order valence-corrected chi connectivity index (χ1v) is 5.73. The van der Waals surface area contributed by atoms with Gasteiger partial charge < -0.3 is 4.74 Å². The second-order valence-corrected chi connectivity index (χ2v) is 5.76. The third-order valence-corrected chi connectivity index (χ3v) is 2.58. The number of thiophene rings is 1. The Morgan fingerprint density at radius 3 is 2.60 bits per heavy atom. The minimum atomic E-state index is -0.450. The van der Waals surface area contributed by atoms with E-state index < -0.39 is 5.60 Å². The summed E-state index contributed by atoms with van der Waals surface area (Å²) in [6, 6.07) is 3.65. The molecule has 0 aromatic carbocycles. The van der Waals surface area contributed by atoms with Crippen LogP contribution in [0.3, 0.4) is 0 Å². The van der Waals surface area contributed by atoms with Crippen LogP contribution in [0, 0.1) is 0 Å². The Balaban J connectivity index is 2.55. The molecule has 0 amide bonds. The van der Waals surface area contributed by atoms with Gasteiger partial charge in [0.25, 0.3) is 0 Å². The zero-order chi connectivity index (χ0) is 11.5. The average Bonchev–Trinajstić information content (AvgIpc) is 2.45. The van der Waals surface area contributed by atoms with Crippen molar-refractivity contribution >= 4 is 35.0 Å². The van der Waals surface area contributed by atoms with E-state index in [1.54, 1.807) is 12.1 Å². The van der Waals surface area contributed by atoms with Gasteiger partial charge in [0.2, 0.25) is 0 Å². The molecular formula is C11H13ClO2S. The highest BCUT2D eigenvalue weighted by atomic mass is 35.5. The van der Waals surface area contributed by atoms with Gasteiger partial charge in [0, 0.05) is 11.0 Å². The maximum absolute atomic E-state index is 11.3. The van der Waals surface area contributed by atoms with Crippen molar-refractivity contribution in [2.24, 2.45) is 0 Å². The van der Waals surface area contributed by atoms with E-state index in [1.807, 2.05) is 26.8 Å². The topological polar surface area (TPSA) is 26.3 Å². The Bertz CT molecular complexity index is 374. The molecule has 82 valence electrons. The number of hydrogen-bond donors (Lipinski definition) is 0. The zero-order valence-corrected chi connectivity index (χ0v) is 10.5. The van der Waals surface area contributed by atoms with E-state index in [-0.39, 0.29) is 5.97 Å². The maximum atomic E-state index is 11.3. The smallest absolute Gasteiger partial charge is 0.331 e. The normalized spacial score (nSPS) is 12.0. The average molecular weight is 245 g/mol. The second kappa shape index (κ2) is 4.81. The van der Waals surface area contributed by atoms with Crippen molar-refractivity contribution in [1.82, 2.24) is 0 Å². The summed E-state index contributed by atoms with van der Waals surface area (Å²) in [7, 11) is 0. The summed E-state index contributed by atoms with van der Waals surface area (Å²) in [5.74, 6) is -0.341. The van der Waals surface area contributed by atoms with E-state index in [4.69, 9.17) is 16.3 Å². The van der Waals surface area contributed by atoms with Crippen LogP contribution in [0.1, 0.15) is 25.6 Å². The van der Waals surface area contributed by atoms with Gasteiger partial charge >= 0.3 is 5.97 Å². The second-order valence-electron chi connectivity index (χ2n) is 4.01. The van der Waals surface area contributed by atoms with Gasteiger partial charge in [0.1, 0.15) is 5.60 Å². The summed E-state index contributed by atoms with van der Waals surface area (Å²) in [6.45, 7) is 5.50. The number of carbonyl (C=O) groups is 1. The third kappa shape index (κ3) is 5.00. The molecule has 0 N–H and O–H groups in total. The fraction of sp³-hybridized carbons (Fsp3) is 0.364. The number of halogens is 1. The van der Waals surface area contributed by atoms with Gasteiger partial charge in [-0.3, -0.25) is 0 Å². The Morgan fingerprint density at radius 2 is 2.13 bits per heavy atom. The van der Waals surface area contributed by atoms with Gasteiger partial charge in [-0.2, -0.15) is 0 Å². The van der Waals surface area contributed by atoms with Crippen molar-refractivity contribution in [3.8, 4) is 0 Å². The van der Waals surface area contributed by atoms with Crippen LogP contribution in [0.5, 0.6) is 0 Å². The monoisotopic (exact) mass is 244 g/mol. The minimum Gasteiger partial charge on any atom is -0.457 e. The molecule has 0 unspecified atom stereocenters. The van der Waals surface area contributed by atoms with Crippen LogP contribution >= 0.6 is 22.9 Å². The largest absolute Gasteiger partial charge is 0.457 e. The van der Waals surface area contributed by atoms with Crippen LogP contribution in [-0.2, 0) is 9.53 Å². The summed E-state index contributed by atoms with van der Waals surface area (Å²) >= 11 is 7.17. The van der Waals surface area contributed by atoms with Crippen LogP contribution in [-0.4, -0.2) is 11.6 Å². The van der Waals surface area contributed by atoms with E-state index in [0.717, 1.165) is 4.88 Å². The summed E-state index contributed by atoms with van der Waals surface area (Å²) in [5.41, 5.74) is -0.450. The molecule has 1 aromatic rings. The van der Waals surface area contributed by atoms with E-state index in [9.17, 15) is 4.79 Å². The van der Waals surface area contributed by atoms with E-state index >= 15 is 0 Å². The summed E-state index contributed by atoms with van der Waals surface area (Å²) in [6.07, 6.45) is 3.11. The number of esters is 1. The SMILES string of the molecule is CC(C)(C)OC(=O)/C=C/c1ccc(Cl)s1. The lowest BCUT2D eigenvalue weighted by Crippen LogP contribution is -2.22. The van der Waals surface area contributed by atoms with Gasteiger partial charge in [-0.05, 0) is 39.0 Å². The molecule has 1 heterocycles. The van der Waals surface area contributed by atoms with Crippen LogP contribution in [0.2, 0.25) is 4.34 Å². The lowest BCUT2D eigenvalue weighted by atomic mass is 10.2. The molecule has 15 heavy (non-hydrogen) atoms. The summed E-state index contributed by atoms with van der Waals surface area (Å²) in [4.78, 5) is 12.2. The minimum absolute atomic E-state index is 0.341. The van der Waals surface area contributed by atoms with Crippen molar-refractivity contribution < 1.29 is 9.53 Å². The lowest BCUT2D eigenvalue weighted by Gasteiger charge is -2.17. The molecular weight excluding hydrogens is 232 g/mol. The molecule has 0 bridgehead atoms. The molecule has 0 spiro atoms. The number of carbonyl (C=O) groups excluding carboxylic acids is 1. The predicted octanol–water partition coefficient (Wildman–Crippen LogP) is 3.76. The lowest BCUT2D eigenvalue weighted by molar-refractivity contribution is -0.148. The van der Waals surface area contributed by atoms with Crippen molar-refractivity contribution in [3.63, 3.8) is 0 Å². The molecule has 0 aliphatic rings. The molecule has 4 heteroatoms. The summed E-state index contributed by atoms with van der Waals surface area (Å²) in [5, 5.41) is 0. The molecule has 0 aliphatic heterocycles. The quantitative estimate of drug-likeness (QED) is 0.585. The highest BCUT2D eigenvalue weighted by Gasteiger charge is 2.13. The Hall–Kier alpha value is -0.800. The molecule has 1 aromatic heterocycles. The van der Waals surface area contributed by atoms with Gasteiger partial charge in [-0.15, -0.1) is 11.3 Å². The van der Waals surface area contributed by atoms with Crippen molar-refractivity contribution in [2.45, 2.75) is 26.4 Å². The molecule has 0 fully saturated rings. The van der Waals surface area contributed by atoms with Gasteiger partial charge in [-0.1, -0.05) is 11.6 Å². The maximum Gasteiger partial charge on any atom is 0.331 e.